The summed E-state index contributed by atoms with van der Waals surface area (Å²) in [7, 11) is 0. The van der Waals surface area contributed by atoms with Crippen LogP contribution in [-0.2, 0) is 16.0 Å². The lowest BCUT2D eigenvalue weighted by Crippen LogP contribution is -2.47. The SMILES string of the molecule is Cc1cccc(-c2noc(CCC(=O)N3CC[C@@H]4NC(=O)C[C@@H]4C3)n2)c1. The zero-order valence-electron chi connectivity index (χ0n) is 14.8. The summed E-state index contributed by atoms with van der Waals surface area (Å²) in [6, 6.07) is 8.14. The summed E-state index contributed by atoms with van der Waals surface area (Å²) in [6.07, 6.45) is 2.13. The van der Waals surface area contributed by atoms with E-state index in [0.717, 1.165) is 17.5 Å². The second-order valence-corrected chi connectivity index (χ2v) is 7.15. The molecule has 7 nitrogen and oxygen atoms in total. The maximum atomic E-state index is 12.5. The lowest BCUT2D eigenvalue weighted by molar-refractivity contribution is -0.133. The second-order valence-electron chi connectivity index (χ2n) is 7.15. The molecule has 2 amide bonds. The molecule has 1 aromatic heterocycles. The van der Waals surface area contributed by atoms with Gasteiger partial charge in [0, 0.05) is 49.9 Å². The lowest BCUT2D eigenvalue weighted by Gasteiger charge is -2.34. The van der Waals surface area contributed by atoms with Gasteiger partial charge in [0.2, 0.25) is 23.5 Å². The number of carbonyl (C=O) groups is 2. The van der Waals surface area contributed by atoms with E-state index in [1.165, 1.54) is 0 Å². The summed E-state index contributed by atoms with van der Waals surface area (Å²) in [5.74, 6) is 1.45. The number of nitrogens with one attached hydrogen (secondary N) is 1. The molecule has 2 aliphatic heterocycles. The predicted molar refractivity (Wildman–Crippen MR) is 94.0 cm³/mol. The molecule has 7 heteroatoms. The first kappa shape index (κ1) is 16.8. The average Bonchev–Trinajstić information content (AvgIpc) is 3.24. The van der Waals surface area contributed by atoms with Crippen LogP contribution in [0.3, 0.4) is 0 Å². The van der Waals surface area contributed by atoms with E-state index in [0.29, 0.717) is 44.1 Å². The molecule has 2 saturated heterocycles. The van der Waals surface area contributed by atoms with Gasteiger partial charge in [-0.15, -0.1) is 0 Å². The van der Waals surface area contributed by atoms with Crippen LogP contribution in [0.25, 0.3) is 11.4 Å². The van der Waals surface area contributed by atoms with Crippen LogP contribution >= 0.6 is 0 Å². The van der Waals surface area contributed by atoms with Gasteiger partial charge in [0.25, 0.3) is 0 Å². The Balaban J connectivity index is 1.33. The van der Waals surface area contributed by atoms with Crippen LogP contribution in [0.1, 0.15) is 30.7 Å². The van der Waals surface area contributed by atoms with Gasteiger partial charge in [-0.05, 0) is 19.4 Å². The van der Waals surface area contributed by atoms with E-state index in [-0.39, 0.29) is 23.8 Å². The molecule has 2 atom stereocenters. The molecule has 0 unspecified atom stereocenters. The number of likely N-dealkylation sites (tertiary alicyclic amines) is 1. The Morgan fingerprint density at radius 3 is 3.15 bits per heavy atom. The smallest absolute Gasteiger partial charge is 0.227 e. The molecule has 3 heterocycles. The second kappa shape index (κ2) is 6.90. The average molecular weight is 354 g/mol. The number of carbonyl (C=O) groups excluding carboxylic acids is 2. The van der Waals surface area contributed by atoms with Crippen LogP contribution < -0.4 is 5.32 Å². The summed E-state index contributed by atoms with van der Waals surface area (Å²) in [5, 5.41) is 7.00. The van der Waals surface area contributed by atoms with Crippen molar-refractivity contribution in [3.8, 4) is 11.4 Å². The van der Waals surface area contributed by atoms with Crippen molar-refractivity contribution in [1.82, 2.24) is 20.4 Å². The van der Waals surface area contributed by atoms with Gasteiger partial charge in [0.1, 0.15) is 0 Å². The fourth-order valence-corrected chi connectivity index (χ4v) is 3.79. The molecule has 1 aromatic carbocycles. The summed E-state index contributed by atoms with van der Waals surface area (Å²) in [4.78, 5) is 30.2. The number of benzene rings is 1. The van der Waals surface area contributed by atoms with Gasteiger partial charge in [-0.2, -0.15) is 4.98 Å². The molecular formula is C19H22N4O3. The molecule has 4 rings (SSSR count). The zero-order valence-corrected chi connectivity index (χ0v) is 14.8. The molecule has 0 radical (unpaired) electrons. The van der Waals surface area contributed by atoms with Crippen molar-refractivity contribution in [3.05, 3.63) is 35.7 Å². The van der Waals surface area contributed by atoms with Crippen molar-refractivity contribution < 1.29 is 14.1 Å². The van der Waals surface area contributed by atoms with Gasteiger partial charge in [-0.25, -0.2) is 0 Å². The first-order chi connectivity index (χ1) is 12.6. The number of hydrogen-bond acceptors (Lipinski definition) is 5. The fourth-order valence-electron chi connectivity index (χ4n) is 3.79. The highest BCUT2D eigenvalue weighted by Crippen LogP contribution is 2.26. The molecule has 136 valence electrons. The van der Waals surface area contributed by atoms with Gasteiger partial charge < -0.3 is 14.7 Å². The molecular weight excluding hydrogens is 332 g/mol. The van der Waals surface area contributed by atoms with Crippen LogP contribution in [0.5, 0.6) is 0 Å². The number of aryl methyl sites for hydroxylation is 2. The monoisotopic (exact) mass is 354 g/mol. The van der Waals surface area contributed by atoms with Crippen LogP contribution in [0, 0.1) is 12.8 Å². The van der Waals surface area contributed by atoms with Gasteiger partial charge in [-0.3, -0.25) is 9.59 Å². The minimum absolute atomic E-state index is 0.0816. The molecule has 26 heavy (non-hydrogen) atoms. The van der Waals surface area contributed by atoms with Gasteiger partial charge in [0.15, 0.2) is 0 Å². The number of hydrogen-bond donors (Lipinski definition) is 1. The number of piperidine rings is 1. The van der Waals surface area contributed by atoms with Crippen LogP contribution in [0.4, 0.5) is 0 Å². The maximum absolute atomic E-state index is 12.5. The topological polar surface area (TPSA) is 88.3 Å². The summed E-state index contributed by atoms with van der Waals surface area (Å²) in [5.41, 5.74) is 2.04. The standard InChI is InChI=1S/C19H22N4O3/c1-12-3-2-4-13(9-12)19-21-17(26-22-19)5-6-18(25)23-8-7-15-14(11-23)10-16(24)20-15/h2-4,9,14-15H,5-8,10-11H2,1H3,(H,20,24)/t14-,15+/m1/s1. The van der Waals surface area contributed by atoms with E-state index in [1.54, 1.807) is 0 Å². The lowest BCUT2D eigenvalue weighted by atomic mass is 9.93. The molecule has 0 saturated carbocycles. The molecule has 0 aliphatic carbocycles. The van der Waals surface area contributed by atoms with Crippen molar-refractivity contribution in [2.75, 3.05) is 13.1 Å². The van der Waals surface area contributed by atoms with E-state index in [9.17, 15) is 9.59 Å². The third-order valence-corrected chi connectivity index (χ3v) is 5.18. The van der Waals surface area contributed by atoms with E-state index >= 15 is 0 Å². The van der Waals surface area contributed by atoms with E-state index < -0.39 is 0 Å². The third kappa shape index (κ3) is 3.47. The van der Waals surface area contributed by atoms with Crippen LogP contribution in [0.15, 0.2) is 28.8 Å². The van der Waals surface area contributed by atoms with Gasteiger partial charge in [-0.1, -0.05) is 28.9 Å². The third-order valence-electron chi connectivity index (χ3n) is 5.18. The highest BCUT2D eigenvalue weighted by atomic mass is 16.5. The molecule has 2 aromatic rings. The number of aromatic nitrogens is 2. The first-order valence-corrected chi connectivity index (χ1v) is 9.05. The molecule has 2 fully saturated rings. The van der Waals surface area contributed by atoms with Crippen molar-refractivity contribution in [3.63, 3.8) is 0 Å². The Kier molecular flexibility index (Phi) is 4.44. The Labute approximate surface area is 151 Å². The van der Waals surface area contributed by atoms with Gasteiger partial charge in [0.05, 0.1) is 0 Å². The quantitative estimate of drug-likeness (QED) is 0.903. The Morgan fingerprint density at radius 2 is 2.31 bits per heavy atom. The summed E-state index contributed by atoms with van der Waals surface area (Å²) in [6.45, 7) is 3.36. The molecule has 2 aliphatic rings. The van der Waals surface area contributed by atoms with Gasteiger partial charge >= 0.3 is 0 Å². The van der Waals surface area contributed by atoms with E-state index in [2.05, 4.69) is 15.5 Å². The Hall–Kier alpha value is -2.70. The first-order valence-electron chi connectivity index (χ1n) is 9.05. The van der Waals surface area contributed by atoms with Crippen molar-refractivity contribution in [2.45, 2.75) is 38.6 Å². The maximum Gasteiger partial charge on any atom is 0.227 e. The summed E-state index contributed by atoms with van der Waals surface area (Å²) >= 11 is 0. The highest BCUT2D eigenvalue weighted by molar-refractivity contribution is 5.80. The Morgan fingerprint density at radius 1 is 1.42 bits per heavy atom. The molecule has 1 N–H and O–H groups in total. The predicted octanol–water partition coefficient (Wildman–Crippen LogP) is 1.71. The molecule has 0 bridgehead atoms. The molecule has 0 spiro atoms. The minimum atomic E-state index is 0.0816. The van der Waals surface area contributed by atoms with Crippen molar-refractivity contribution in [2.24, 2.45) is 5.92 Å². The highest BCUT2D eigenvalue weighted by Gasteiger charge is 2.37. The van der Waals surface area contributed by atoms with E-state index in [4.69, 9.17) is 4.52 Å². The zero-order chi connectivity index (χ0) is 18.1. The van der Waals surface area contributed by atoms with Crippen molar-refractivity contribution >= 4 is 11.8 Å². The number of amides is 2. The Bertz CT molecular complexity index is 832. The van der Waals surface area contributed by atoms with E-state index in [1.807, 2.05) is 36.1 Å². The number of rotatable bonds is 4. The summed E-state index contributed by atoms with van der Waals surface area (Å²) < 4.78 is 5.29. The normalized spacial score (nSPS) is 22.2. The van der Waals surface area contributed by atoms with Crippen LogP contribution in [-0.4, -0.2) is 46.0 Å². The fraction of sp³-hybridized carbons (Fsp3) is 0.474. The van der Waals surface area contributed by atoms with Crippen molar-refractivity contribution in [1.29, 1.82) is 0 Å². The van der Waals surface area contributed by atoms with Crippen LogP contribution in [0.2, 0.25) is 0 Å². The largest absolute Gasteiger partial charge is 0.353 e. The number of fused-ring (bicyclic) bond motifs is 1. The number of nitrogens with zero attached hydrogens (tertiary/aromatic N) is 3. The minimum Gasteiger partial charge on any atom is -0.353 e.